The van der Waals surface area contributed by atoms with Gasteiger partial charge in [0.05, 0.1) is 5.56 Å². The van der Waals surface area contributed by atoms with Gasteiger partial charge in [-0.1, -0.05) is 0 Å². The molecule has 1 aromatic rings. The molecule has 6 heteroatoms. The minimum absolute atomic E-state index is 0.0800. The minimum atomic E-state index is -2.53. The van der Waals surface area contributed by atoms with Gasteiger partial charge >= 0.3 is 0 Å². The van der Waals surface area contributed by atoms with Crippen LogP contribution in [0, 0.1) is 3.70 Å². The first-order valence-electron chi connectivity index (χ1n) is 3.39. The van der Waals surface area contributed by atoms with Crippen molar-refractivity contribution in [3.63, 3.8) is 0 Å². The molecule has 0 aromatic carbocycles. The standard InChI is InChI=1S/C7H6BrF2IN2/c8-5-3(1-12)2-13-7(11)4(5)6(9)10/h2,6H,1,12H2. The number of rotatable bonds is 2. The van der Waals surface area contributed by atoms with Crippen molar-refractivity contribution in [1.82, 2.24) is 4.98 Å². The molecule has 0 aliphatic heterocycles. The molecule has 2 N–H and O–H groups in total. The summed E-state index contributed by atoms with van der Waals surface area (Å²) >= 11 is 4.86. The maximum atomic E-state index is 12.5. The van der Waals surface area contributed by atoms with Gasteiger partial charge in [-0.05, 0) is 44.1 Å². The van der Waals surface area contributed by atoms with Gasteiger partial charge in [0.25, 0.3) is 6.43 Å². The molecule has 0 aliphatic rings. The fraction of sp³-hybridized carbons (Fsp3) is 0.286. The lowest BCUT2D eigenvalue weighted by Gasteiger charge is -2.08. The molecule has 0 unspecified atom stereocenters. The van der Waals surface area contributed by atoms with Crippen molar-refractivity contribution in [3.05, 3.63) is 25.5 Å². The highest BCUT2D eigenvalue weighted by atomic mass is 127. The quantitative estimate of drug-likeness (QED) is 0.649. The Bertz CT molecular complexity index is 320. The van der Waals surface area contributed by atoms with Crippen LogP contribution < -0.4 is 5.73 Å². The molecule has 1 heterocycles. The highest BCUT2D eigenvalue weighted by Crippen LogP contribution is 2.32. The van der Waals surface area contributed by atoms with Gasteiger partial charge in [0, 0.05) is 17.2 Å². The SMILES string of the molecule is NCc1cnc(I)c(C(F)F)c1Br. The van der Waals surface area contributed by atoms with Gasteiger partial charge in [0.1, 0.15) is 3.70 Å². The Morgan fingerprint density at radius 1 is 1.62 bits per heavy atom. The molecule has 0 amide bonds. The van der Waals surface area contributed by atoms with Crippen LogP contribution in [0.3, 0.4) is 0 Å². The summed E-state index contributed by atoms with van der Waals surface area (Å²) in [4.78, 5) is 3.83. The predicted molar refractivity (Wildman–Crippen MR) is 57.5 cm³/mol. The molecular formula is C7H6BrF2IN2. The molecular weight excluding hydrogens is 357 g/mol. The van der Waals surface area contributed by atoms with Crippen LogP contribution in [0.1, 0.15) is 17.6 Å². The van der Waals surface area contributed by atoms with Crippen LogP contribution in [0.25, 0.3) is 0 Å². The molecule has 72 valence electrons. The first-order chi connectivity index (χ1) is 6.07. The zero-order valence-electron chi connectivity index (χ0n) is 6.40. The summed E-state index contributed by atoms with van der Waals surface area (Å²) in [6.45, 7) is 0.199. The number of alkyl halides is 2. The number of hydrogen-bond acceptors (Lipinski definition) is 2. The molecule has 2 nitrogen and oxygen atoms in total. The summed E-state index contributed by atoms with van der Waals surface area (Å²) in [5, 5.41) is 0. The Morgan fingerprint density at radius 3 is 2.69 bits per heavy atom. The Balaban J connectivity index is 3.30. The summed E-state index contributed by atoms with van der Waals surface area (Å²) < 4.78 is 25.6. The normalized spacial score (nSPS) is 10.9. The second-order valence-electron chi connectivity index (χ2n) is 2.31. The van der Waals surface area contributed by atoms with Gasteiger partial charge in [0.15, 0.2) is 0 Å². The van der Waals surface area contributed by atoms with Gasteiger partial charge in [-0.15, -0.1) is 0 Å². The third-order valence-corrected chi connectivity index (χ3v) is 3.31. The van der Waals surface area contributed by atoms with Gasteiger partial charge < -0.3 is 5.73 Å². The van der Waals surface area contributed by atoms with Crippen molar-refractivity contribution in [2.24, 2.45) is 5.73 Å². The molecule has 13 heavy (non-hydrogen) atoms. The van der Waals surface area contributed by atoms with Crippen LogP contribution in [0.4, 0.5) is 8.78 Å². The Labute approximate surface area is 96.2 Å². The average Bonchev–Trinajstić information content (AvgIpc) is 2.04. The van der Waals surface area contributed by atoms with E-state index in [0.29, 0.717) is 13.7 Å². The van der Waals surface area contributed by atoms with Crippen molar-refractivity contribution in [2.75, 3.05) is 0 Å². The van der Waals surface area contributed by atoms with Crippen LogP contribution in [-0.2, 0) is 6.54 Å². The van der Waals surface area contributed by atoms with E-state index in [1.54, 1.807) is 22.6 Å². The van der Waals surface area contributed by atoms with E-state index in [9.17, 15) is 8.78 Å². The van der Waals surface area contributed by atoms with Crippen molar-refractivity contribution < 1.29 is 8.78 Å². The van der Waals surface area contributed by atoms with Gasteiger partial charge in [-0.25, -0.2) is 13.8 Å². The van der Waals surface area contributed by atoms with Crippen LogP contribution in [0.5, 0.6) is 0 Å². The summed E-state index contributed by atoms with van der Waals surface area (Å²) in [5.74, 6) is 0. The zero-order chi connectivity index (χ0) is 10.0. The lowest BCUT2D eigenvalue weighted by atomic mass is 10.2. The number of nitrogens with two attached hydrogens (primary N) is 1. The van der Waals surface area contributed by atoms with E-state index in [4.69, 9.17) is 5.73 Å². The number of nitrogens with zero attached hydrogens (tertiary/aromatic N) is 1. The van der Waals surface area contributed by atoms with Gasteiger partial charge in [-0.3, -0.25) is 0 Å². The second kappa shape index (κ2) is 4.61. The Kier molecular flexibility index (Phi) is 3.99. The van der Waals surface area contributed by atoms with Crippen LogP contribution >= 0.6 is 38.5 Å². The van der Waals surface area contributed by atoms with Crippen LogP contribution in [0.15, 0.2) is 10.7 Å². The zero-order valence-corrected chi connectivity index (χ0v) is 10.1. The molecule has 0 spiro atoms. The monoisotopic (exact) mass is 362 g/mol. The summed E-state index contributed by atoms with van der Waals surface area (Å²) in [5.41, 5.74) is 5.87. The molecule has 0 aliphatic carbocycles. The van der Waals surface area contributed by atoms with E-state index in [1.807, 2.05) is 0 Å². The maximum absolute atomic E-state index is 12.5. The first kappa shape index (κ1) is 11.3. The summed E-state index contributed by atoms with van der Waals surface area (Å²) in [7, 11) is 0. The molecule has 0 bridgehead atoms. The molecule has 0 radical (unpaired) electrons. The van der Waals surface area contributed by atoms with Gasteiger partial charge in [0.2, 0.25) is 0 Å². The largest absolute Gasteiger partial charge is 0.326 e. The number of hydrogen-bond donors (Lipinski definition) is 1. The van der Waals surface area contributed by atoms with Crippen LogP contribution in [0.2, 0.25) is 0 Å². The minimum Gasteiger partial charge on any atom is -0.326 e. The molecule has 1 aromatic heterocycles. The molecule has 0 saturated carbocycles. The third-order valence-electron chi connectivity index (χ3n) is 1.51. The lowest BCUT2D eigenvalue weighted by Crippen LogP contribution is -2.03. The van der Waals surface area contributed by atoms with E-state index in [2.05, 4.69) is 20.9 Å². The number of halogens is 4. The van der Waals surface area contributed by atoms with Crippen LogP contribution in [-0.4, -0.2) is 4.98 Å². The molecule has 0 saturated heterocycles. The molecule has 0 atom stereocenters. The van der Waals surface area contributed by atoms with Crippen molar-refractivity contribution in [1.29, 1.82) is 0 Å². The Hall–Kier alpha value is 0.180. The number of pyridine rings is 1. The fourth-order valence-electron chi connectivity index (χ4n) is 0.852. The first-order valence-corrected chi connectivity index (χ1v) is 5.26. The molecule has 0 fully saturated rings. The predicted octanol–water partition coefficient (Wildman–Crippen LogP) is 2.85. The highest BCUT2D eigenvalue weighted by molar-refractivity contribution is 14.1. The van der Waals surface area contributed by atoms with Crippen molar-refractivity contribution in [3.8, 4) is 0 Å². The smallest absolute Gasteiger partial charge is 0.267 e. The maximum Gasteiger partial charge on any atom is 0.267 e. The third kappa shape index (κ3) is 2.35. The summed E-state index contributed by atoms with van der Waals surface area (Å²) in [6, 6.07) is 0. The van der Waals surface area contributed by atoms with E-state index in [-0.39, 0.29) is 12.1 Å². The topological polar surface area (TPSA) is 38.9 Å². The second-order valence-corrected chi connectivity index (χ2v) is 4.12. The van der Waals surface area contributed by atoms with Crippen molar-refractivity contribution >= 4 is 38.5 Å². The summed E-state index contributed by atoms with van der Waals surface area (Å²) in [6.07, 6.45) is -1.03. The van der Waals surface area contributed by atoms with Crippen molar-refractivity contribution in [2.45, 2.75) is 13.0 Å². The number of aromatic nitrogens is 1. The van der Waals surface area contributed by atoms with E-state index in [1.165, 1.54) is 6.20 Å². The van der Waals surface area contributed by atoms with E-state index < -0.39 is 6.43 Å². The fourth-order valence-corrected chi connectivity index (χ4v) is 2.49. The van der Waals surface area contributed by atoms with Gasteiger partial charge in [-0.2, -0.15) is 0 Å². The highest BCUT2D eigenvalue weighted by Gasteiger charge is 2.18. The Morgan fingerprint density at radius 2 is 2.23 bits per heavy atom. The molecule has 1 rings (SSSR count). The van der Waals surface area contributed by atoms with E-state index in [0.717, 1.165) is 0 Å². The lowest BCUT2D eigenvalue weighted by molar-refractivity contribution is 0.149. The average molecular weight is 363 g/mol. The van der Waals surface area contributed by atoms with E-state index >= 15 is 0 Å².